The number of nitrogens with zero attached hydrogens (tertiary/aromatic N) is 1. The molecule has 0 radical (unpaired) electrons. The molecule has 0 aromatic heterocycles. The van der Waals surface area contributed by atoms with Gasteiger partial charge in [-0.05, 0) is 46.8 Å². The first-order chi connectivity index (χ1) is 7.49. The Bertz CT molecular complexity index is 219. The van der Waals surface area contributed by atoms with Crippen molar-refractivity contribution in [2.75, 3.05) is 13.2 Å². The normalized spacial score (nSPS) is 11.1. The molecule has 0 N–H and O–H groups in total. The zero-order chi connectivity index (χ0) is 13.0. The standard InChI is InChI=1S/C6H14O2.C5H7NOS/c1-4-7-6(3)8-5-2;1-4(5(2)7)6-3-8/h6H,4-5H2,1-3H3;4H,1-2H3. The number of ketones is 1. The van der Waals surface area contributed by atoms with E-state index in [1.165, 1.54) is 6.92 Å². The second-order valence-electron chi connectivity index (χ2n) is 2.99. The first-order valence-corrected chi connectivity index (χ1v) is 5.70. The summed E-state index contributed by atoms with van der Waals surface area (Å²) in [6.45, 7) is 10.4. The van der Waals surface area contributed by atoms with Gasteiger partial charge in [0.2, 0.25) is 0 Å². The summed E-state index contributed by atoms with van der Waals surface area (Å²) in [7, 11) is 0. The third-order valence-electron chi connectivity index (χ3n) is 1.64. The van der Waals surface area contributed by atoms with Crippen LogP contribution in [0.3, 0.4) is 0 Å². The Labute approximate surface area is 103 Å². The van der Waals surface area contributed by atoms with Gasteiger partial charge < -0.3 is 9.47 Å². The van der Waals surface area contributed by atoms with Crippen LogP contribution in [0, 0.1) is 0 Å². The van der Waals surface area contributed by atoms with Crippen LogP contribution < -0.4 is 0 Å². The minimum Gasteiger partial charge on any atom is -0.353 e. The summed E-state index contributed by atoms with van der Waals surface area (Å²) < 4.78 is 10.1. The fourth-order valence-electron chi connectivity index (χ4n) is 0.687. The topological polar surface area (TPSA) is 47.9 Å². The third-order valence-corrected chi connectivity index (χ3v) is 1.74. The Morgan fingerprint density at radius 1 is 1.31 bits per heavy atom. The van der Waals surface area contributed by atoms with Gasteiger partial charge in [0, 0.05) is 13.2 Å². The molecule has 0 spiro atoms. The zero-order valence-corrected chi connectivity index (χ0v) is 11.5. The van der Waals surface area contributed by atoms with E-state index >= 15 is 0 Å². The lowest BCUT2D eigenvalue weighted by Gasteiger charge is -2.09. The van der Waals surface area contributed by atoms with Crippen molar-refractivity contribution < 1.29 is 14.3 Å². The molecule has 1 atom stereocenters. The van der Waals surface area contributed by atoms with E-state index in [9.17, 15) is 4.79 Å². The van der Waals surface area contributed by atoms with Crippen molar-refractivity contribution in [3.05, 3.63) is 0 Å². The maximum atomic E-state index is 10.4. The predicted octanol–water partition coefficient (Wildman–Crippen LogP) is 2.47. The number of isothiocyanates is 1. The van der Waals surface area contributed by atoms with E-state index in [2.05, 4.69) is 22.4 Å². The van der Waals surface area contributed by atoms with Crippen molar-refractivity contribution in [1.82, 2.24) is 0 Å². The maximum Gasteiger partial charge on any atom is 0.154 e. The molecule has 94 valence electrons. The Hall–Kier alpha value is -0.610. The Morgan fingerprint density at radius 2 is 1.75 bits per heavy atom. The highest BCUT2D eigenvalue weighted by Gasteiger charge is 2.01. The monoisotopic (exact) mass is 247 g/mol. The second-order valence-corrected chi connectivity index (χ2v) is 3.17. The minimum absolute atomic E-state index is 0.0161. The number of Topliss-reactive ketones (excluding diaryl/α,β-unsaturated/α-hetero) is 1. The molecule has 0 rings (SSSR count). The van der Waals surface area contributed by atoms with E-state index in [-0.39, 0.29) is 18.1 Å². The Kier molecular flexibility index (Phi) is 13.8. The lowest BCUT2D eigenvalue weighted by Crippen LogP contribution is -2.11. The van der Waals surface area contributed by atoms with E-state index in [4.69, 9.17) is 9.47 Å². The van der Waals surface area contributed by atoms with Gasteiger partial charge in [-0.15, -0.1) is 0 Å². The van der Waals surface area contributed by atoms with Crippen LogP contribution in [0.5, 0.6) is 0 Å². The average molecular weight is 247 g/mol. The van der Waals surface area contributed by atoms with Crippen molar-refractivity contribution in [3.63, 3.8) is 0 Å². The number of ether oxygens (including phenoxy) is 2. The van der Waals surface area contributed by atoms with Gasteiger partial charge in [-0.2, -0.15) is 0 Å². The number of rotatable bonds is 6. The summed E-state index contributed by atoms with van der Waals surface area (Å²) in [5.41, 5.74) is 0. The fourth-order valence-corrected chi connectivity index (χ4v) is 0.846. The molecule has 0 saturated heterocycles. The summed E-state index contributed by atoms with van der Waals surface area (Å²) in [5, 5.41) is 2.14. The van der Waals surface area contributed by atoms with E-state index in [1.807, 2.05) is 20.8 Å². The maximum absolute atomic E-state index is 10.4. The Morgan fingerprint density at radius 3 is 1.94 bits per heavy atom. The molecule has 0 bridgehead atoms. The molecule has 0 aromatic carbocycles. The van der Waals surface area contributed by atoms with Crippen LogP contribution in [-0.4, -0.2) is 36.5 Å². The first-order valence-electron chi connectivity index (χ1n) is 5.30. The molecule has 1 unspecified atom stereocenters. The van der Waals surface area contributed by atoms with Crippen molar-refractivity contribution in [1.29, 1.82) is 0 Å². The number of aliphatic imine (C=N–C) groups is 1. The number of carbonyl (C=O) groups is 1. The third kappa shape index (κ3) is 13.4. The average Bonchev–Trinajstić information content (AvgIpc) is 2.19. The van der Waals surface area contributed by atoms with Gasteiger partial charge in [0.15, 0.2) is 12.1 Å². The minimum atomic E-state index is -0.312. The van der Waals surface area contributed by atoms with Gasteiger partial charge >= 0.3 is 0 Å². The highest BCUT2D eigenvalue weighted by molar-refractivity contribution is 7.78. The van der Waals surface area contributed by atoms with E-state index < -0.39 is 0 Å². The molecule has 0 heterocycles. The van der Waals surface area contributed by atoms with Crippen molar-refractivity contribution in [2.24, 2.45) is 4.99 Å². The van der Waals surface area contributed by atoms with Crippen LogP contribution in [0.25, 0.3) is 0 Å². The van der Waals surface area contributed by atoms with Gasteiger partial charge in [-0.1, -0.05) is 0 Å². The summed E-state index contributed by atoms with van der Waals surface area (Å²) in [6, 6.07) is -0.312. The summed E-state index contributed by atoms with van der Waals surface area (Å²) in [6.07, 6.45) is -0.0370. The number of hydrogen-bond donors (Lipinski definition) is 0. The van der Waals surface area contributed by atoms with Gasteiger partial charge in [0.25, 0.3) is 0 Å². The van der Waals surface area contributed by atoms with Crippen LogP contribution in [-0.2, 0) is 14.3 Å². The molecule has 0 aliphatic carbocycles. The molecule has 5 heteroatoms. The summed E-state index contributed by atoms with van der Waals surface area (Å²) in [4.78, 5) is 13.9. The van der Waals surface area contributed by atoms with Crippen LogP contribution in [0.4, 0.5) is 0 Å². The molecule has 0 amide bonds. The van der Waals surface area contributed by atoms with Crippen LogP contribution >= 0.6 is 12.2 Å². The molecule has 0 fully saturated rings. The SMILES string of the molecule is CC(=O)C(C)N=C=S.CCOC(C)OCC. The second kappa shape index (κ2) is 12.5. The molecule has 4 nitrogen and oxygen atoms in total. The molecule has 0 aliphatic rings. The molecule has 16 heavy (non-hydrogen) atoms. The Balaban J connectivity index is 0. The number of carbonyl (C=O) groups excluding carboxylic acids is 1. The molecule has 0 aromatic rings. The fraction of sp³-hybridized carbons (Fsp3) is 0.818. The smallest absolute Gasteiger partial charge is 0.154 e. The summed E-state index contributed by atoms with van der Waals surface area (Å²) in [5.74, 6) is 0.0161. The molecular formula is C11H21NO3S. The van der Waals surface area contributed by atoms with Crippen LogP contribution in [0.1, 0.15) is 34.6 Å². The van der Waals surface area contributed by atoms with E-state index in [1.54, 1.807) is 6.92 Å². The van der Waals surface area contributed by atoms with Crippen LogP contribution in [0.2, 0.25) is 0 Å². The van der Waals surface area contributed by atoms with Crippen molar-refractivity contribution >= 4 is 23.2 Å². The van der Waals surface area contributed by atoms with E-state index in [0.717, 1.165) is 13.2 Å². The lowest BCUT2D eigenvalue weighted by molar-refractivity contribution is -0.123. The predicted molar refractivity (Wildman–Crippen MR) is 67.9 cm³/mol. The molecular weight excluding hydrogens is 226 g/mol. The van der Waals surface area contributed by atoms with Gasteiger partial charge in [0.05, 0.1) is 5.16 Å². The zero-order valence-electron chi connectivity index (χ0n) is 10.6. The number of thiocarbonyl (C=S) groups is 1. The highest BCUT2D eigenvalue weighted by atomic mass is 32.1. The number of hydrogen-bond acceptors (Lipinski definition) is 5. The van der Waals surface area contributed by atoms with Crippen molar-refractivity contribution in [2.45, 2.75) is 47.0 Å². The quantitative estimate of drug-likeness (QED) is 0.411. The molecule has 0 saturated carbocycles. The van der Waals surface area contributed by atoms with E-state index in [0.29, 0.717) is 0 Å². The van der Waals surface area contributed by atoms with Gasteiger partial charge in [-0.25, -0.2) is 4.99 Å². The molecule has 0 aliphatic heterocycles. The van der Waals surface area contributed by atoms with Gasteiger partial charge in [0.1, 0.15) is 6.04 Å². The highest BCUT2D eigenvalue weighted by Crippen LogP contribution is 1.90. The van der Waals surface area contributed by atoms with Gasteiger partial charge in [-0.3, -0.25) is 4.79 Å². The van der Waals surface area contributed by atoms with Crippen molar-refractivity contribution in [3.8, 4) is 0 Å². The van der Waals surface area contributed by atoms with Crippen LogP contribution in [0.15, 0.2) is 4.99 Å². The largest absolute Gasteiger partial charge is 0.353 e. The summed E-state index contributed by atoms with van der Waals surface area (Å²) >= 11 is 4.28. The first kappa shape index (κ1) is 17.8. The lowest BCUT2D eigenvalue weighted by atomic mass is 10.3.